The number of aromatic hydroxyl groups is 2. The van der Waals surface area contributed by atoms with E-state index in [0.717, 1.165) is 12.0 Å². The minimum Gasteiger partial charge on any atom is -0.508 e. The number of fused-ring (bicyclic) bond motifs is 2. The Bertz CT molecular complexity index is 1110. The fourth-order valence-electron chi connectivity index (χ4n) is 5.93. The molecular weight excluding hydrogens is 499 g/mol. The van der Waals surface area contributed by atoms with Crippen molar-refractivity contribution in [2.45, 2.75) is 87.1 Å². The van der Waals surface area contributed by atoms with Crippen molar-refractivity contribution in [3.63, 3.8) is 0 Å². The number of carbonyl (C=O) groups excluding carboxylic acids is 2. The minimum atomic E-state index is -1.85. The molecule has 1 saturated carbocycles. The molecule has 1 heterocycles. The van der Waals surface area contributed by atoms with Crippen LogP contribution >= 0.6 is 34.8 Å². The molecule has 2 fully saturated rings. The van der Waals surface area contributed by atoms with Gasteiger partial charge in [-0.2, -0.15) is 0 Å². The second-order valence-corrected chi connectivity index (χ2v) is 12.9. The van der Waals surface area contributed by atoms with Gasteiger partial charge in [0.1, 0.15) is 16.4 Å². The van der Waals surface area contributed by atoms with Gasteiger partial charge in [0.2, 0.25) is 0 Å². The molecule has 0 aromatic heterocycles. The first-order chi connectivity index (χ1) is 15.5. The number of ether oxygens (including phenoxy) is 1. The lowest BCUT2D eigenvalue weighted by Gasteiger charge is -2.59. The van der Waals surface area contributed by atoms with Crippen molar-refractivity contribution in [1.29, 1.82) is 0 Å². The number of Topliss-reactive ketones (excluding diaryl/α,β-unsaturated/α-hetero) is 2. The number of hydrogen-bond donors (Lipinski definition) is 2. The summed E-state index contributed by atoms with van der Waals surface area (Å²) in [5, 5.41) is 20.3. The van der Waals surface area contributed by atoms with Crippen LogP contribution in [0.25, 0.3) is 0 Å². The maximum Gasteiger partial charge on any atom is 0.198 e. The minimum absolute atomic E-state index is 0.0313. The van der Waals surface area contributed by atoms with Crippen LogP contribution < -0.4 is 0 Å². The normalized spacial score (nSPS) is 36.7. The third-order valence-corrected chi connectivity index (χ3v) is 10.5. The zero-order chi connectivity index (χ0) is 25.6. The van der Waals surface area contributed by atoms with Gasteiger partial charge >= 0.3 is 0 Å². The van der Waals surface area contributed by atoms with Gasteiger partial charge in [0.25, 0.3) is 0 Å². The molecule has 3 aliphatic rings. The number of halogens is 3. The van der Waals surface area contributed by atoms with Crippen molar-refractivity contribution in [1.82, 2.24) is 0 Å². The summed E-state index contributed by atoms with van der Waals surface area (Å²) in [6.45, 7) is 13.3. The first-order valence-electron chi connectivity index (χ1n) is 11.5. The van der Waals surface area contributed by atoms with Gasteiger partial charge in [-0.05, 0) is 63.9 Å². The summed E-state index contributed by atoms with van der Waals surface area (Å²) in [5.41, 5.74) is -2.51. The smallest absolute Gasteiger partial charge is 0.198 e. The molecule has 0 bridgehead atoms. The van der Waals surface area contributed by atoms with Crippen molar-refractivity contribution in [3.05, 3.63) is 34.9 Å². The van der Waals surface area contributed by atoms with Crippen LogP contribution in [0.4, 0.5) is 0 Å². The molecule has 1 unspecified atom stereocenters. The van der Waals surface area contributed by atoms with Gasteiger partial charge in [-0.3, -0.25) is 9.59 Å². The SMILES string of the molecule is C=C1CC[C@H](Cl)C(C)(C)C1C[C@@]12OC(C)(C)[C@H](Cl)C[C@]1(Cl)C(=O)c1c(cc(O)c(C)c1O)C2=O. The number of alkyl halides is 3. The van der Waals surface area contributed by atoms with Crippen molar-refractivity contribution >= 4 is 46.4 Å². The third-order valence-electron chi connectivity index (χ3n) is 8.43. The van der Waals surface area contributed by atoms with E-state index in [1.54, 1.807) is 13.8 Å². The Hall–Kier alpha value is -1.27. The molecule has 34 heavy (non-hydrogen) atoms. The lowest BCUT2D eigenvalue weighted by molar-refractivity contribution is -0.169. The van der Waals surface area contributed by atoms with Gasteiger partial charge in [-0.1, -0.05) is 26.0 Å². The van der Waals surface area contributed by atoms with E-state index in [2.05, 4.69) is 6.58 Å². The van der Waals surface area contributed by atoms with Gasteiger partial charge in [-0.25, -0.2) is 0 Å². The molecular formula is C26H31Cl3O5. The van der Waals surface area contributed by atoms with Crippen LogP contribution in [0.3, 0.4) is 0 Å². The molecule has 8 heteroatoms. The van der Waals surface area contributed by atoms with E-state index >= 15 is 0 Å². The molecule has 186 valence electrons. The van der Waals surface area contributed by atoms with Crippen LogP contribution in [0.1, 0.15) is 79.7 Å². The van der Waals surface area contributed by atoms with Gasteiger partial charge in [0.05, 0.1) is 16.5 Å². The van der Waals surface area contributed by atoms with Gasteiger partial charge in [0, 0.05) is 16.5 Å². The summed E-state index contributed by atoms with van der Waals surface area (Å²) < 4.78 is 6.53. The van der Waals surface area contributed by atoms with Gasteiger partial charge in [0.15, 0.2) is 17.2 Å². The predicted molar refractivity (Wildman–Crippen MR) is 134 cm³/mol. The summed E-state index contributed by atoms with van der Waals surface area (Å²) in [4.78, 5) is 26.5. The summed E-state index contributed by atoms with van der Waals surface area (Å²) in [6, 6.07) is 1.22. The molecule has 2 aliphatic carbocycles. The predicted octanol–water partition coefficient (Wildman–Crippen LogP) is 6.30. The Morgan fingerprint density at radius 3 is 2.35 bits per heavy atom. The van der Waals surface area contributed by atoms with Crippen molar-refractivity contribution < 1.29 is 24.5 Å². The molecule has 1 saturated heterocycles. The average molecular weight is 530 g/mol. The number of rotatable bonds is 2. The van der Waals surface area contributed by atoms with Crippen LogP contribution in [0.5, 0.6) is 11.5 Å². The van der Waals surface area contributed by atoms with E-state index in [9.17, 15) is 19.8 Å². The number of benzene rings is 1. The van der Waals surface area contributed by atoms with Crippen LogP contribution in [0.15, 0.2) is 18.2 Å². The number of phenols is 2. The molecule has 0 radical (unpaired) electrons. The maximum absolute atomic E-state index is 14.3. The van der Waals surface area contributed by atoms with E-state index in [0.29, 0.717) is 6.42 Å². The number of hydrogen-bond acceptors (Lipinski definition) is 5. The Balaban J connectivity index is 1.99. The highest BCUT2D eigenvalue weighted by molar-refractivity contribution is 6.45. The number of allylic oxidation sites excluding steroid dienone is 1. The third kappa shape index (κ3) is 3.30. The standard InChI is InChI=1S/C26H31Cl3O5/c1-12-7-8-17(27)23(3,4)15(12)10-26-21(32)14-9-16(30)13(2)20(31)19(14)22(33)25(26,29)11-18(28)24(5,6)34-26/h9,15,17-18,30-31H,1,7-8,10-11H2,2-6H3/t15?,17-,18+,25-,26-/m0/s1. The molecule has 0 spiro atoms. The molecule has 1 aromatic rings. The van der Waals surface area contributed by atoms with Gasteiger partial charge in [-0.15, -0.1) is 34.8 Å². The number of carbonyl (C=O) groups is 2. The molecule has 0 amide bonds. The fourth-order valence-corrected chi connectivity index (χ4v) is 6.99. The topological polar surface area (TPSA) is 83.8 Å². The monoisotopic (exact) mass is 528 g/mol. The molecule has 5 atom stereocenters. The van der Waals surface area contributed by atoms with Crippen LogP contribution in [0.2, 0.25) is 0 Å². The number of phenolic OH excluding ortho intramolecular Hbond substituents is 2. The zero-order valence-corrected chi connectivity index (χ0v) is 22.4. The van der Waals surface area contributed by atoms with Crippen LogP contribution in [-0.4, -0.2) is 48.6 Å². The highest BCUT2D eigenvalue weighted by atomic mass is 35.5. The lowest BCUT2D eigenvalue weighted by Crippen LogP contribution is -2.73. The summed E-state index contributed by atoms with van der Waals surface area (Å²) in [5.74, 6) is -2.20. The van der Waals surface area contributed by atoms with Crippen LogP contribution in [0, 0.1) is 18.3 Å². The first-order valence-corrected chi connectivity index (χ1v) is 12.8. The fraction of sp³-hybridized carbons (Fsp3) is 0.615. The van der Waals surface area contributed by atoms with E-state index in [-0.39, 0.29) is 46.6 Å². The molecule has 1 aliphatic heterocycles. The largest absolute Gasteiger partial charge is 0.508 e. The highest BCUT2D eigenvalue weighted by Crippen LogP contribution is 2.60. The zero-order valence-electron chi connectivity index (χ0n) is 20.1. The van der Waals surface area contributed by atoms with Crippen molar-refractivity contribution in [2.75, 3.05) is 0 Å². The molecule has 2 N–H and O–H groups in total. The Morgan fingerprint density at radius 1 is 1.12 bits per heavy atom. The van der Waals surface area contributed by atoms with E-state index in [4.69, 9.17) is 39.5 Å². The Labute approximate surface area is 215 Å². The quantitative estimate of drug-likeness (QED) is 0.347. The average Bonchev–Trinajstić information content (AvgIpc) is 2.74. The Morgan fingerprint density at radius 2 is 1.74 bits per heavy atom. The second kappa shape index (κ2) is 7.86. The van der Waals surface area contributed by atoms with E-state index in [1.165, 1.54) is 13.0 Å². The molecule has 5 nitrogen and oxygen atoms in total. The van der Waals surface area contributed by atoms with E-state index < -0.39 is 44.2 Å². The highest BCUT2D eigenvalue weighted by Gasteiger charge is 2.71. The lowest BCUT2D eigenvalue weighted by atomic mass is 9.56. The summed E-state index contributed by atoms with van der Waals surface area (Å²) in [7, 11) is 0. The first kappa shape index (κ1) is 25.8. The molecule has 4 rings (SSSR count). The van der Waals surface area contributed by atoms with Crippen molar-refractivity contribution in [2.24, 2.45) is 11.3 Å². The van der Waals surface area contributed by atoms with E-state index in [1.807, 2.05) is 13.8 Å². The molecule has 1 aromatic carbocycles. The Kier molecular flexibility index (Phi) is 5.97. The van der Waals surface area contributed by atoms with Gasteiger partial charge < -0.3 is 14.9 Å². The number of ketones is 2. The maximum atomic E-state index is 14.3. The summed E-state index contributed by atoms with van der Waals surface area (Å²) in [6.07, 6.45) is 1.50. The summed E-state index contributed by atoms with van der Waals surface area (Å²) >= 11 is 20.5. The van der Waals surface area contributed by atoms with Crippen LogP contribution in [-0.2, 0) is 4.74 Å². The van der Waals surface area contributed by atoms with Crippen molar-refractivity contribution in [3.8, 4) is 11.5 Å². The second-order valence-electron chi connectivity index (χ2n) is 11.2.